The summed E-state index contributed by atoms with van der Waals surface area (Å²) in [5, 5.41) is 0. The average Bonchev–Trinajstić information content (AvgIpc) is 2.44. The van der Waals surface area contributed by atoms with Crippen molar-refractivity contribution in [1.29, 1.82) is 0 Å². The van der Waals surface area contributed by atoms with Gasteiger partial charge in [-0.3, -0.25) is 4.79 Å². The Morgan fingerprint density at radius 1 is 1.11 bits per heavy atom. The molecule has 1 aromatic rings. The van der Waals surface area contributed by atoms with E-state index in [1.165, 1.54) is 0 Å². The summed E-state index contributed by atoms with van der Waals surface area (Å²) in [5.41, 5.74) is 2.07. The molecule has 1 aromatic carbocycles. The van der Waals surface area contributed by atoms with Crippen LogP contribution in [0.5, 0.6) is 0 Å². The van der Waals surface area contributed by atoms with Crippen molar-refractivity contribution in [3.05, 3.63) is 53.7 Å². The van der Waals surface area contributed by atoms with Crippen LogP contribution in [0.25, 0.3) is 6.08 Å². The maximum absolute atomic E-state index is 12.1. The molecule has 0 atom stereocenters. The van der Waals surface area contributed by atoms with E-state index in [9.17, 15) is 4.79 Å². The van der Waals surface area contributed by atoms with Gasteiger partial charge in [0.25, 0.3) is 0 Å². The molecular weight excluding hydrogens is 222 g/mol. The second kappa shape index (κ2) is 4.81. The van der Waals surface area contributed by atoms with Crippen LogP contribution in [0.4, 0.5) is 0 Å². The lowest BCUT2D eigenvalue weighted by Gasteiger charge is -2.40. The largest absolute Gasteiger partial charge is 0.369 e. The number of fused-ring (bicyclic) bond motifs is 3. The normalized spacial score (nSPS) is 22.3. The summed E-state index contributed by atoms with van der Waals surface area (Å²) in [4.78, 5) is 14.3. The highest BCUT2D eigenvalue weighted by Crippen LogP contribution is 2.31. The van der Waals surface area contributed by atoms with Crippen molar-refractivity contribution in [2.75, 3.05) is 13.1 Å². The van der Waals surface area contributed by atoms with Crippen LogP contribution in [0.15, 0.2) is 48.2 Å². The number of hydrogen-bond acceptors (Lipinski definition) is 2. The van der Waals surface area contributed by atoms with Crippen molar-refractivity contribution >= 4 is 11.9 Å². The molecule has 0 radical (unpaired) electrons. The Labute approximate surface area is 108 Å². The van der Waals surface area contributed by atoms with Crippen LogP contribution in [0, 0.1) is 5.92 Å². The van der Waals surface area contributed by atoms with E-state index < -0.39 is 0 Å². The minimum absolute atomic E-state index is 0.284. The summed E-state index contributed by atoms with van der Waals surface area (Å²) in [6.45, 7) is 2.09. The summed E-state index contributed by atoms with van der Waals surface area (Å²) in [5.74, 6) is 0.622. The minimum Gasteiger partial charge on any atom is -0.369 e. The molecule has 0 unspecified atom stereocenters. The van der Waals surface area contributed by atoms with Gasteiger partial charge in [0, 0.05) is 19.0 Å². The third-order valence-corrected chi connectivity index (χ3v) is 3.80. The minimum atomic E-state index is 0.284. The molecule has 0 N–H and O–H groups in total. The Morgan fingerprint density at radius 3 is 2.50 bits per heavy atom. The van der Waals surface area contributed by atoms with Crippen LogP contribution in [0.2, 0.25) is 0 Å². The summed E-state index contributed by atoms with van der Waals surface area (Å²) in [7, 11) is 0. The standard InChI is InChI=1S/C16H17NO/c18-16-14-9-11-17(12-10-14)15(16)8-4-7-13-5-2-1-3-6-13/h1-8,14H,9-12H2. The van der Waals surface area contributed by atoms with Gasteiger partial charge < -0.3 is 4.90 Å². The van der Waals surface area contributed by atoms with Crippen LogP contribution < -0.4 is 0 Å². The number of piperidine rings is 3. The molecule has 0 aromatic heterocycles. The van der Waals surface area contributed by atoms with E-state index in [1.54, 1.807) is 0 Å². The summed E-state index contributed by atoms with van der Waals surface area (Å²) in [6, 6.07) is 10.2. The maximum atomic E-state index is 12.1. The Kier molecular flexibility index (Phi) is 3.01. The number of nitrogens with zero attached hydrogens (tertiary/aromatic N) is 1. The molecule has 0 aliphatic carbocycles. The van der Waals surface area contributed by atoms with Crippen molar-refractivity contribution < 1.29 is 4.79 Å². The van der Waals surface area contributed by atoms with Gasteiger partial charge in [0.15, 0.2) is 5.78 Å². The van der Waals surface area contributed by atoms with Crippen LogP contribution in [-0.4, -0.2) is 23.8 Å². The van der Waals surface area contributed by atoms with Gasteiger partial charge in [-0.2, -0.15) is 0 Å². The fourth-order valence-electron chi connectivity index (χ4n) is 2.75. The van der Waals surface area contributed by atoms with Crippen molar-refractivity contribution in [2.45, 2.75) is 12.8 Å². The summed E-state index contributed by atoms with van der Waals surface area (Å²) in [6.07, 6.45) is 8.09. The molecule has 3 saturated heterocycles. The van der Waals surface area contributed by atoms with Gasteiger partial charge in [-0.15, -0.1) is 0 Å². The number of benzene rings is 1. The highest BCUT2D eigenvalue weighted by Gasteiger charge is 2.35. The molecule has 4 rings (SSSR count). The molecule has 2 bridgehead atoms. The van der Waals surface area contributed by atoms with E-state index in [-0.39, 0.29) is 5.92 Å². The number of ketones is 1. The number of rotatable bonds is 2. The molecule has 0 amide bonds. The van der Waals surface area contributed by atoms with Gasteiger partial charge in [0.1, 0.15) is 0 Å². The zero-order valence-corrected chi connectivity index (χ0v) is 10.4. The third kappa shape index (κ3) is 2.10. The highest BCUT2D eigenvalue weighted by molar-refractivity contribution is 5.98. The average molecular weight is 239 g/mol. The fraction of sp³-hybridized carbons (Fsp3) is 0.312. The SMILES string of the molecule is O=C1C(=CC=Cc2ccccc2)N2CCC1CC2. The van der Waals surface area contributed by atoms with Crippen LogP contribution >= 0.6 is 0 Å². The van der Waals surface area contributed by atoms with E-state index in [1.807, 2.05) is 36.4 Å². The van der Waals surface area contributed by atoms with Crippen molar-refractivity contribution in [3.63, 3.8) is 0 Å². The summed E-state index contributed by atoms with van der Waals surface area (Å²) >= 11 is 0. The van der Waals surface area contributed by atoms with Gasteiger partial charge in [-0.1, -0.05) is 42.5 Å². The molecule has 3 heterocycles. The van der Waals surface area contributed by atoms with Crippen molar-refractivity contribution in [2.24, 2.45) is 5.92 Å². The molecule has 0 saturated carbocycles. The zero-order valence-electron chi connectivity index (χ0n) is 10.4. The number of hydrogen-bond donors (Lipinski definition) is 0. The molecule has 3 aliphatic rings. The molecule has 3 fully saturated rings. The van der Waals surface area contributed by atoms with Crippen LogP contribution in [0.1, 0.15) is 18.4 Å². The first-order chi connectivity index (χ1) is 8.84. The molecule has 92 valence electrons. The monoisotopic (exact) mass is 239 g/mol. The zero-order chi connectivity index (χ0) is 12.4. The van der Waals surface area contributed by atoms with Gasteiger partial charge in [-0.25, -0.2) is 0 Å². The van der Waals surface area contributed by atoms with Crippen LogP contribution in [-0.2, 0) is 4.79 Å². The number of allylic oxidation sites excluding steroid dienone is 3. The van der Waals surface area contributed by atoms with Gasteiger partial charge in [0.2, 0.25) is 0 Å². The Balaban J connectivity index is 1.77. The second-order valence-corrected chi connectivity index (χ2v) is 4.95. The Bertz CT molecular complexity index is 493. The number of carbonyl (C=O) groups is 1. The first-order valence-electron chi connectivity index (χ1n) is 6.57. The van der Waals surface area contributed by atoms with Crippen molar-refractivity contribution in [1.82, 2.24) is 4.90 Å². The van der Waals surface area contributed by atoms with Gasteiger partial charge >= 0.3 is 0 Å². The first kappa shape index (κ1) is 11.3. The van der Waals surface area contributed by atoms with E-state index in [2.05, 4.69) is 17.0 Å². The topological polar surface area (TPSA) is 20.3 Å². The highest BCUT2D eigenvalue weighted by atomic mass is 16.1. The summed E-state index contributed by atoms with van der Waals surface area (Å²) < 4.78 is 0. The molecule has 3 aliphatic heterocycles. The first-order valence-corrected chi connectivity index (χ1v) is 6.57. The molecule has 2 heteroatoms. The molecule has 0 spiro atoms. The quantitative estimate of drug-likeness (QED) is 0.740. The fourth-order valence-corrected chi connectivity index (χ4v) is 2.75. The van der Waals surface area contributed by atoms with E-state index >= 15 is 0 Å². The van der Waals surface area contributed by atoms with Crippen LogP contribution in [0.3, 0.4) is 0 Å². The molecule has 2 nitrogen and oxygen atoms in total. The van der Waals surface area contributed by atoms with Gasteiger partial charge in [-0.05, 0) is 24.5 Å². The lowest BCUT2D eigenvalue weighted by molar-refractivity contribution is -0.125. The van der Waals surface area contributed by atoms with E-state index in [0.29, 0.717) is 5.78 Å². The Hall–Kier alpha value is -1.83. The lowest BCUT2D eigenvalue weighted by Crippen LogP contribution is -2.45. The molecular formula is C16H17NO. The lowest BCUT2D eigenvalue weighted by atomic mass is 9.85. The maximum Gasteiger partial charge on any atom is 0.182 e. The number of Topliss-reactive ketones (excluding diaryl/α,β-unsaturated/α-hetero) is 1. The predicted molar refractivity (Wildman–Crippen MR) is 72.9 cm³/mol. The molecule has 18 heavy (non-hydrogen) atoms. The second-order valence-electron chi connectivity index (χ2n) is 4.95. The smallest absolute Gasteiger partial charge is 0.182 e. The Morgan fingerprint density at radius 2 is 1.83 bits per heavy atom. The van der Waals surface area contributed by atoms with E-state index in [0.717, 1.165) is 37.2 Å². The van der Waals surface area contributed by atoms with Crippen molar-refractivity contribution in [3.8, 4) is 0 Å². The van der Waals surface area contributed by atoms with E-state index in [4.69, 9.17) is 0 Å². The predicted octanol–water partition coefficient (Wildman–Crippen LogP) is 2.88. The van der Waals surface area contributed by atoms with Gasteiger partial charge in [0.05, 0.1) is 5.70 Å². The number of carbonyl (C=O) groups excluding carboxylic acids is 1. The third-order valence-electron chi connectivity index (χ3n) is 3.80.